The molecule has 2 heterocycles. The van der Waals surface area contributed by atoms with Crippen LogP contribution < -0.4 is 5.32 Å². The van der Waals surface area contributed by atoms with Gasteiger partial charge in [0.1, 0.15) is 5.82 Å². The van der Waals surface area contributed by atoms with Gasteiger partial charge < -0.3 is 9.88 Å². The van der Waals surface area contributed by atoms with Crippen molar-refractivity contribution in [3.63, 3.8) is 0 Å². The summed E-state index contributed by atoms with van der Waals surface area (Å²) in [6, 6.07) is 7.29. The van der Waals surface area contributed by atoms with Crippen molar-refractivity contribution in [1.82, 2.24) is 19.9 Å². The molecule has 1 atom stereocenters. The Hall–Kier alpha value is -3.16. The minimum Gasteiger partial charge on any atom is -0.345 e. The van der Waals surface area contributed by atoms with Crippen molar-refractivity contribution in [2.24, 2.45) is 13.0 Å². The van der Waals surface area contributed by atoms with Gasteiger partial charge in [-0.25, -0.2) is 4.98 Å². The lowest BCUT2D eigenvalue weighted by Crippen LogP contribution is -2.24. The minimum absolute atomic E-state index is 0.0213. The van der Waals surface area contributed by atoms with Crippen LogP contribution in [0, 0.1) is 5.92 Å². The average Bonchev–Trinajstić information content (AvgIpc) is 3.15. The predicted octanol–water partition coefficient (Wildman–Crippen LogP) is 4.64. The molecule has 1 aliphatic rings. The number of benzene rings is 1. The number of hydrogen-bond donors (Lipinski definition) is 1. The lowest BCUT2D eigenvalue weighted by atomic mass is 9.85. The third-order valence-electron chi connectivity index (χ3n) is 5.54. The second-order valence-electron chi connectivity index (χ2n) is 7.48. The highest BCUT2D eigenvalue weighted by atomic mass is 19.4. The first-order chi connectivity index (χ1) is 14.3. The zero-order valence-electron chi connectivity index (χ0n) is 16.4. The molecule has 1 unspecified atom stereocenters. The van der Waals surface area contributed by atoms with E-state index in [4.69, 9.17) is 0 Å². The lowest BCUT2D eigenvalue weighted by Gasteiger charge is -2.24. The third-order valence-corrected chi connectivity index (χ3v) is 5.54. The van der Waals surface area contributed by atoms with Gasteiger partial charge in [-0.1, -0.05) is 18.2 Å². The third kappa shape index (κ3) is 4.08. The highest BCUT2D eigenvalue weighted by Gasteiger charge is 2.39. The summed E-state index contributed by atoms with van der Waals surface area (Å²) in [4.78, 5) is 21.2. The maximum absolute atomic E-state index is 13.0. The van der Waals surface area contributed by atoms with Gasteiger partial charge in [-0.15, -0.1) is 0 Å². The van der Waals surface area contributed by atoms with Gasteiger partial charge in [-0.2, -0.15) is 13.2 Å². The Morgan fingerprint density at radius 3 is 2.80 bits per heavy atom. The van der Waals surface area contributed by atoms with E-state index < -0.39 is 12.1 Å². The molecule has 0 saturated carbocycles. The predicted molar refractivity (Wildman–Crippen MR) is 107 cm³/mol. The van der Waals surface area contributed by atoms with Crippen LogP contribution in [0.3, 0.4) is 0 Å². The number of rotatable bonds is 4. The Balaban J connectivity index is 1.59. The number of carbonyl (C=O) groups is 1. The van der Waals surface area contributed by atoms with Gasteiger partial charge in [-0.05, 0) is 42.5 Å². The molecule has 1 N–H and O–H groups in total. The van der Waals surface area contributed by atoms with Crippen LogP contribution in [0.5, 0.6) is 0 Å². The van der Waals surface area contributed by atoms with Crippen LogP contribution in [0.2, 0.25) is 0 Å². The number of nitrogens with zero attached hydrogens (tertiary/aromatic N) is 3. The smallest absolute Gasteiger partial charge is 0.345 e. The normalized spacial score (nSPS) is 17.1. The summed E-state index contributed by atoms with van der Waals surface area (Å²) < 4.78 is 40.7. The highest BCUT2D eigenvalue weighted by molar-refractivity contribution is 6.00. The summed E-state index contributed by atoms with van der Waals surface area (Å²) in [5, 5.41) is 3.59. The molecule has 1 amide bonds. The zero-order valence-corrected chi connectivity index (χ0v) is 16.4. The van der Waals surface area contributed by atoms with Crippen molar-refractivity contribution in [3.8, 4) is 0 Å². The monoisotopic (exact) mass is 414 g/mol. The second-order valence-corrected chi connectivity index (χ2v) is 7.48. The number of carbonyl (C=O) groups excluding carboxylic acids is 1. The van der Waals surface area contributed by atoms with Gasteiger partial charge in [0.15, 0.2) is 0 Å². The van der Waals surface area contributed by atoms with Crippen LogP contribution in [-0.4, -0.2) is 26.6 Å². The molecule has 0 spiro atoms. The largest absolute Gasteiger partial charge is 0.392 e. The molecule has 8 heteroatoms. The maximum Gasteiger partial charge on any atom is 0.392 e. The number of fused-ring (bicyclic) bond motifs is 1. The molecule has 0 aliphatic heterocycles. The number of alkyl halides is 3. The fourth-order valence-electron chi connectivity index (χ4n) is 3.76. The molecule has 156 valence electrons. The molecule has 5 nitrogen and oxygen atoms in total. The van der Waals surface area contributed by atoms with Crippen LogP contribution in [0.4, 0.5) is 13.2 Å². The number of pyridine rings is 1. The van der Waals surface area contributed by atoms with Crippen molar-refractivity contribution in [2.45, 2.75) is 32.0 Å². The Morgan fingerprint density at radius 1 is 1.30 bits per heavy atom. The first-order valence-corrected chi connectivity index (χ1v) is 9.72. The maximum atomic E-state index is 13.0. The Labute approximate surface area is 171 Å². The van der Waals surface area contributed by atoms with Crippen molar-refractivity contribution >= 4 is 22.4 Å². The van der Waals surface area contributed by atoms with E-state index in [9.17, 15) is 18.0 Å². The van der Waals surface area contributed by atoms with E-state index in [2.05, 4.69) is 15.3 Å². The van der Waals surface area contributed by atoms with E-state index in [0.717, 1.165) is 22.3 Å². The molecule has 30 heavy (non-hydrogen) atoms. The number of hydrogen-bond acceptors (Lipinski definition) is 3. The molecule has 4 rings (SSSR count). The van der Waals surface area contributed by atoms with Crippen molar-refractivity contribution in [1.29, 1.82) is 0 Å². The van der Waals surface area contributed by atoms with E-state index in [1.54, 1.807) is 24.5 Å². The quantitative estimate of drug-likeness (QED) is 0.676. The number of imidazole rings is 1. The number of aryl methyl sites for hydroxylation is 1. The van der Waals surface area contributed by atoms with Gasteiger partial charge in [0.2, 0.25) is 0 Å². The molecule has 0 radical (unpaired) electrons. The molecular weight excluding hydrogens is 393 g/mol. The first-order valence-electron chi connectivity index (χ1n) is 9.72. The summed E-state index contributed by atoms with van der Waals surface area (Å²) in [6.45, 7) is 0.284. The molecule has 1 aliphatic carbocycles. The standard InChI is InChI=1S/C22H21F3N4O/c1-29-10-9-26-20(29)13-28-21(30)15-11-18-17(3-2-4-19(18)27-12-15)14-5-7-16(8-6-14)22(23,24)25/h2-5,9-12,16H,6-8,13H2,1H3,(H,28,30). The number of halogens is 3. The SMILES string of the molecule is Cn1ccnc1CNC(=O)c1cnc2cccc(C3=CCC(C(F)(F)F)CC3)c2c1. The summed E-state index contributed by atoms with van der Waals surface area (Å²) in [5.41, 5.74) is 2.80. The van der Waals surface area contributed by atoms with E-state index in [0.29, 0.717) is 17.5 Å². The van der Waals surface area contributed by atoms with Crippen LogP contribution >= 0.6 is 0 Å². The van der Waals surface area contributed by atoms with Crippen LogP contribution in [0.25, 0.3) is 16.5 Å². The molecule has 0 bridgehead atoms. The molecule has 0 fully saturated rings. The number of amides is 1. The van der Waals surface area contributed by atoms with Gasteiger partial charge in [0.05, 0.1) is 23.5 Å². The van der Waals surface area contributed by atoms with E-state index >= 15 is 0 Å². The van der Waals surface area contributed by atoms with Crippen molar-refractivity contribution in [3.05, 3.63) is 65.9 Å². The zero-order chi connectivity index (χ0) is 21.3. The van der Waals surface area contributed by atoms with E-state index in [1.807, 2.05) is 29.8 Å². The average molecular weight is 414 g/mol. The summed E-state index contributed by atoms with van der Waals surface area (Å²) in [6.07, 6.45) is 2.87. The number of nitrogens with one attached hydrogen (secondary N) is 1. The molecule has 3 aromatic rings. The Morgan fingerprint density at radius 2 is 2.13 bits per heavy atom. The Bertz CT molecular complexity index is 1120. The van der Waals surface area contributed by atoms with Crippen molar-refractivity contribution < 1.29 is 18.0 Å². The van der Waals surface area contributed by atoms with Crippen LogP contribution in [0.1, 0.15) is 41.0 Å². The summed E-state index contributed by atoms with van der Waals surface area (Å²) in [5.74, 6) is -0.844. The molecule has 1 aromatic carbocycles. The fraction of sp³-hybridized carbons (Fsp3) is 0.318. The highest BCUT2D eigenvalue weighted by Crippen LogP contribution is 2.40. The van der Waals surface area contributed by atoms with Gasteiger partial charge in [-0.3, -0.25) is 9.78 Å². The second kappa shape index (κ2) is 7.93. The minimum atomic E-state index is -4.17. The van der Waals surface area contributed by atoms with Gasteiger partial charge in [0.25, 0.3) is 5.91 Å². The van der Waals surface area contributed by atoms with Crippen molar-refractivity contribution in [2.75, 3.05) is 0 Å². The molecule has 2 aromatic heterocycles. The van der Waals surface area contributed by atoms with E-state index in [1.165, 1.54) is 6.20 Å². The molecule has 0 saturated heterocycles. The summed E-state index contributed by atoms with van der Waals surface area (Å²) in [7, 11) is 1.85. The Kier molecular flexibility index (Phi) is 5.32. The van der Waals surface area contributed by atoms with Crippen LogP contribution in [-0.2, 0) is 13.6 Å². The fourth-order valence-corrected chi connectivity index (χ4v) is 3.76. The number of allylic oxidation sites excluding steroid dienone is 2. The van der Waals surface area contributed by atoms with E-state index in [-0.39, 0.29) is 25.3 Å². The topological polar surface area (TPSA) is 59.8 Å². The summed E-state index contributed by atoms with van der Waals surface area (Å²) >= 11 is 0. The van der Waals surface area contributed by atoms with Gasteiger partial charge in [0, 0.05) is 31.0 Å². The first kappa shape index (κ1) is 20.1. The molecular formula is C22H21F3N4O. The van der Waals surface area contributed by atoms with Gasteiger partial charge >= 0.3 is 6.18 Å². The number of aromatic nitrogens is 3. The van der Waals surface area contributed by atoms with Crippen LogP contribution in [0.15, 0.2) is 48.9 Å². The lowest BCUT2D eigenvalue weighted by molar-refractivity contribution is -0.175.